The van der Waals surface area contributed by atoms with Crippen LogP contribution in [0.3, 0.4) is 0 Å². The Balaban J connectivity index is 2.47. The van der Waals surface area contributed by atoms with E-state index in [0.717, 1.165) is 23.3 Å². The Morgan fingerprint density at radius 3 is 3.20 bits per heavy atom. The molecule has 3 nitrogen and oxygen atoms in total. The van der Waals surface area contributed by atoms with Crippen LogP contribution in [0.25, 0.3) is 0 Å². The van der Waals surface area contributed by atoms with E-state index in [1.807, 2.05) is 18.4 Å². The molecule has 4 heteroatoms. The third-order valence-corrected chi connectivity index (χ3v) is 3.83. The standard InChI is InChI=1S/C11H14O3S/c1-2-14-11(10(12)13)6-3-4-9-8(11)5-7-15-9/h5,7H,2-4,6H2,1H3,(H,12,13). The number of thiophene rings is 1. The summed E-state index contributed by atoms with van der Waals surface area (Å²) in [5.41, 5.74) is -0.212. The van der Waals surface area contributed by atoms with Crippen LogP contribution < -0.4 is 0 Å². The Morgan fingerprint density at radius 2 is 2.53 bits per heavy atom. The molecule has 0 radical (unpaired) electrons. The van der Waals surface area contributed by atoms with Crippen molar-refractivity contribution in [3.8, 4) is 0 Å². The van der Waals surface area contributed by atoms with E-state index in [-0.39, 0.29) is 0 Å². The highest BCUT2D eigenvalue weighted by molar-refractivity contribution is 7.10. The van der Waals surface area contributed by atoms with Gasteiger partial charge in [-0.25, -0.2) is 4.79 Å². The smallest absolute Gasteiger partial charge is 0.340 e. The van der Waals surface area contributed by atoms with Crippen LogP contribution in [0.15, 0.2) is 11.4 Å². The van der Waals surface area contributed by atoms with Crippen molar-refractivity contribution in [2.45, 2.75) is 31.8 Å². The number of hydrogen-bond acceptors (Lipinski definition) is 3. The molecule has 82 valence electrons. The monoisotopic (exact) mass is 226 g/mol. The molecule has 0 fully saturated rings. The van der Waals surface area contributed by atoms with Gasteiger partial charge in [-0.2, -0.15) is 0 Å². The third-order valence-electron chi connectivity index (χ3n) is 2.85. The van der Waals surface area contributed by atoms with Crippen molar-refractivity contribution in [1.82, 2.24) is 0 Å². The number of carboxylic acids is 1. The van der Waals surface area contributed by atoms with E-state index in [9.17, 15) is 9.90 Å². The molecule has 15 heavy (non-hydrogen) atoms. The fourth-order valence-electron chi connectivity index (χ4n) is 2.21. The summed E-state index contributed by atoms with van der Waals surface area (Å²) in [7, 11) is 0. The first kappa shape index (κ1) is 10.6. The van der Waals surface area contributed by atoms with Gasteiger partial charge in [-0.05, 0) is 37.6 Å². The number of rotatable bonds is 3. The molecule has 1 aromatic heterocycles. The predicted molar refractivity (Wildman–Crippen MR) is 58.2 cm³/mol. The normalized spacial score (nSPS) is 24.9. The first-order valence-electron chi connectivity index (χ1n) is 5.15. The summed E-state index contributed by atoms with van der Waals surface area (Å²) in [5, 5.41) is 11.3. The van der Waals surface area contributed by atoms with Gasteiger partial charge in [-0.3, -0.25) is 0 Å². The minimum atomic E-state index is -1.08. The van der Waals surface area contributed by atoms with Crippen LogP contribution in [0, 0.1) is 0 Å². The molecule has 2 rings (SSSR count). The molecule has 1 N–H and O–H groups in total. The van der Waals surface area contributed by atoms with Gasteiger partial charge in [0.25, 0.3) is 0 Å². The molecular formula is C11H14O3S. The van der Waals surface area contributed by atoms with Crippen molar-refractivity contribution in [2.24, 2.45) is 0 Å². The maximum Gasteiger partial charge on any atom is 0.340 e. The van der Waals surface area contributed by atoms with E-state index in [0.29, 0.717) is 13.0 Å². The molecule has 1 atom stereocenters. The van der Waals surface area contributed by atoms with Crippen molar-refractivity contribution < 1.29 is 14.6 Å². The Morgan fingerprint density at radius 1 is 1.73 bits per heavy atom. The number of aliphatic carboxylic acids is 1. The van der Waals surface area contributed by atoms with E-state index in [4.69, 9.17) is 4.74 Å². The van der Waals surface area contributed by atoms with Crippen LogP contribution in [0.5, 0.6) is 0 Å². The predicted octanol–water partition coefficient (Wildman–Crippen LogP) is 2.40. The largest absolute Gasteiger partial charge is 0.479 e. The van der Waals surface area contributed by atoms with Crippen molar-refractivity contribution in [1.29, 1.82) is 0 Å². The minimum absolute atomic E-state index is 0.432. The van der Waals surface area contributed by atoms with Gasteiger partial charge in [0.1, 0.15) is 0 Å². The molecule has 1 unspecified atom stereocenters. The summed E-state index contributed by atoms with van der Waals surface area (Å²) in [4.78, 5) is 12.6. The summed E-state index contributed by atoms with van der Waals surface area (Å²) in [5.74, 6) is -0.858. The molecule has 0 bridgehead atoms. The van der Waals surface area contributed by atoms with Crippen molar-refractivity contribution in [3.05, 3.63) is 21.9 Å². The minimum Gasteiger partial charge on any atom is -0.479 e. The lowest BCUT2D eigenvalue weighted by Gasteiger charge is -2.33. The van der Waals surface area contributed by atoms with Crippen molar-refractivity contribution in [2.75, 3.05) is 6.61 Å². The lowest BCUT2D eigenvalue weighted by atomic mass is 9.83. The molecule has 0 saturated carbocycles. The summed E-state index contributed by atoms with van der Waals surface area (Å²) in [6.07, 6.45) is 2.45. The number of aryl methyl sites for hydroxylation is 1. The quantitative estimate of drug-likeness (QED) is 0.860. The number of carbonyl (C=O) groups is 1. The third kappa shape index (κ3) is 1.58. The van der Waals surface area contributed by atoms with Gasteiger partial charge in [0.05, 0.1) is 0 Å². The molecular weight excluding hydrogens is 212 g/mol. The summed E-state index contributed by atoms with van der Waals surface area (Å²) in [6.45, 7) is 2.27. The molecule has 0 spiro atoms. The van der Waals surface area contributed by atoms with Gasteiger partial charge in [0.2, 0.25) is 0 Å². The Kier molecular flexibility index (Phi) is 2.80. The molecule has 1 aliphatic rings. The zero-order chi connectivity index (χ0) is 10.9. The lowest BCUT2D eigenvalue weighted by Crippen LogP contribution is -2.41. The van der Waals surface area contributed by atoms with Crippen LogP contribution in [-0.4, -0.2) is 17.7 Å². The van der Waals surface area contributed by atoms with Gasteiger partial charge in [-0.15, -0.1) is 11.3 Å². The maximum atomic E-state index is 11.4. The molecule has 0 aliphatic heterocycles. The second-order valence-electron chi connectivity index (χ2n) is 3.68. The number of carboxylic acid groups (broad SMARTS) is 1. The first-order chi connectivity index (χ1) is 7.20. The van der Waals surface area contributed by atoms with E-state index in [2.05, 4.69) is 0 Å². The summed E-state index contributed by atoms with van der Waals surface area (Å²) < 4.78 is 5.52. The summed E-state index contributed by atoms with van der Waals surface area (Å²) >= 11 is 1.63. The zero-order valence-corrected chi connectivity index (χ0v) is 9.47. The average Bonchev–Trinajstić information content (AvgIpc) is 2.66. The van der Waals surface area contributed by atoms with Gasteiger partial charge >= 0.3 is 5.97 Å². The highest BCUT2D eigenvalue weighted by Gasteiger charge is 2.45. The van der Waals surface area contributed by atoms with E-state index >= 15 is 0 Å². The van der Waals surface area contributed by atoms with Crippen molar-refractivity contribution in [3.63, 3.8) is 0 Å². The van der Waals surface area contributed by atoms with E-state index < -0.39 is 11.6 Å². The topological polar surface area (TPSA) is 46.5 Å². The number of ether oxygens (including phenoxy) is 1. The van der Waals surface area contributed by atoms with Crippen LogP contribution in [0.2, 0.25) is 0 Å². The Bertz CT molecular complexity index is 372. The lowest BCUT2D eigenvalue weighted by molar-refractivity contribution is -0.169. The van der Waals surface area contributed by atoms with Crippen LogP contribution >= 0.6 is 11.3 Å². The maximum absolute atomic E-state index is 11.4. The van der Waals surface area contributed by atoms with E-state index in [1.165, 1.54) is 0 Å². The highest BCUT2D eigenvalue weighted by atomic mass is 32.1. The zero-order valence-electron chi connectivity index (χ0n) is 8.66. The van der Waals surface area contributed by atoms with Crippen molar-refractivity contribution >= 4 is 17.3 Å². The Labute approximate surface area is 92.7 Å². The van der Waals surface area contributed by atoms with Gasteiger partial charge < -0.3 is 9.84 Å². The first-order valence-corrected chi connectivity index (χ1v) is 6.03. The molecule has 1 heterocycles. The van der Waals surface area contributed by atoms with Gasteiger partial charge in [0, 0.05) is 17.0 Å². The molecule has 0 aromatic carbocycles. The van der Waals surface area contributed by atoms with Crippen LogP contribution in [0.4, 0.5) is 0 Å². The van der Waals surface area contributed by atoms with Gasteiger partial charge in [-0.1, -0.05) is 0 Å². The van der Waals surface area contributed by atoms with Crippen LogP contribution in [0.1, 0.15) is 30.2 Å². The number of hydrogen-bond donors (Lipinski definition) is 1. The molecule has 0 amide bonds. The second-order valence-corrected chi connectivity index (χ2v) is 4.68. The molecule has 1 aliphatic carbocycles. The fraction of sp³-hybridized carbons (Fsp3) is 0.545. The summed E-state index contributed by atoms with van der Waals surface area (Å²) in [6, 6.07) is 1.89. The van der Waals surface area contributed by atoms with E-state index in [1.54, 1.807) is 11.3 Å². The molecule has 0 saturated heterocycles. The SMILES string of the molecule is CCOC1(C(=O)O)CCCc2sccc21. The van der Waals surface area contributed by atoms with Gasteiger partial charge in [0.15, 0.2) is 5.60 Å². The fourth-order valence-corrected chi connectivity index (χ4v) is 3.20. The molecule has 1 aromatic rings. The Hall–Kier alpha value is -0.870. The highest BCUT2D eigenvalue weighted by Crippen LogP contribution is 2.41. The average molecular weight is 226 g/mol. The second kappa shape index (κ2) is 3.94. The van der Waals surface area contributed by atoms with Crippen LogP contribution in [-0.2, 0) is 21.6 Å². The number of fused-ring (bicyclic) bond motifs is 1.